The molecule has 5 heteroatoms. The Morgan fingerprint density at radius 2 is 1.96 bits per heavy atom. The largest absolute Gasteiger partial charge is 0.356 e. The molecule has 5 rings (SSSR count). The summed E-state index contributed by atoms with van der Waals surface area (Å²) in [6, 6.07) is 16.0. The molecule has 28 heavy (non-hydrogen) atoms. The second kappa shape index (κ2) is 6.82. The van der Waals surface area contributed by atoms with E-state index in [1.165, 1.54) is 10.9 Å². The van der Waals surface area contributed by atoms with E-state index in [-0.39, 0.29) is 17.9 Å². The maximum atomic E-state index is 12.6. The van der Waals surface area contributed by atoms with Gasteiger partial charge < -0.3 is 15.2 Å². The normalized spacial score (nSPS) is 18.2. The SMILES string of the molecule is O=C(CCN1Cc2ccccc2C1=O)N[C@@H]1CCCc2c1[nH]c1ccccc21. The third-order valence-electron chi connectivity index (χ3n) is 5.95. The molecule has 1 aliphatic carbocycles. The van der Waals surface area contributed by atoms with Crippen LogP contribution in [0.3, 0.4) is 0 Å². The molecule has 2 aliphatic rings. The minimum Gasteiger partial charge on any atom is -0.356 e. The number of hydrogen-bond acceptors (Lipinski definition) is 2. The number of nitrogens with zero attached hydrogens (tertiary/aromatic N) is 1. The van der Waals surface area contributed by atoms with Crippen LogP contribution in [0.15, 0.2) is 48.5 Å². The van der Waals surface area contributed by atoms with Gasteiger partial charge in [-0.15, -0.1) is 0 Å². The summed E-state index contributed by atoms with van der Waals surface area (Å²) in [4.78, 5) is 30.3. The van der Waals surface area contributed by atoms with Crippen molar-refractivity contribution in [3.63, 3.8) is 0 Å². The monoisotopic (exact) mass is 373 g/mol. The number of rotatable bonds is 4. The van der Waals surface area contributed by atoms with Crippen molar-refractivity contribution in [1.82, 2.24) is 15.2 Å². The number of fused-ring (bicyclic) bond motifs is 4. The van der Waals surface area contributed by atoms with E-state index < -0.39 is 0 Å². The predicted molar refractivity (Wildman–Crippen MR) is 108 cm³/mol. The molecule has 0 bridgehead atoms. The van der Waals surface area contributed by atoms with Crippen LogP contribution in [-0.4, -0.2) is 28.2 Å². The number of amides is 2. The first-order valence-electron chi connectivity index (χ1n) is 9.97. The molecule has 1 atom stereocenters. The average molecular weight is 373 g/mol. The third-order valence-corrected chi connectivity index (χ3v) is 5.95. The summed E-state index contributed by atoms with van der Waals surface area (Å²) in [6.07, 6.45) is 3.39. The summed E-state index contributed by atoms with van der Waals surface area (Å²) in [5.74, 6) is 0.0271. The maximum absolute atomic E-state index is 12.6. The van der Waals surface area contributed by atoms with Crippen molar-refractivity contribution in [3.05, 3.63) is 70.9 Å². The summed E-state index contributed by atoms with van der Waals surface area (Å²) in [7, 11) is 0. The van der Waals surface area contributed by atoms with E-state index in [4.69, 9.17) is 0 Å². The minimum atomic E-state index is 0.000243. The Morgan fingerprint density at radius 1 is 1.14 bits per heavy atom. The molecule has 2 aromatic carbocycles. The van der Waals surface area contributed by atoms with Crippen molar-refractivity contribution in [3.8, 4) is 0 Å². The van der Waals surface area contributed by atoms with E-state index in [9.17, 15) is 9.59 Å². The Balaban J connectivity index is 1.25. The van der Waals surface area contributed by atoms with Crippen LogP contribution in [0.25, 0.3) is 10.9 Å². The Hall–Kier alpha value is -3.08. The van der Waals surface area contributed by atoms with Crippen LogP contribution in [0.4, 0.5) is 0 Å². The second-order valence-corrected chi connectivity index (χ2v) is 7.71. The molecule has 0 unspecified atom stereocenters. The zero-order valence-corrected chi connectivity index (χ0v) is 15.7. The summed E-state index contributed by atoms with van der Waals surface area (Å²) in [5.41, 5.74) is 5.41. The first-order chi connectivity index (χ1) is 13.7. The van der Waals surface area contributed by atoms with Crippen molar-refractivity contribution in [2.75, 3.05) is 6.54 Å². The highest BCUT2D eigenvalue weighted by Crippen LogP contribution is 2.34. The lowest BCUT2D eigenvalue weighted by atomic mass is 9.91. The maximum Gasteiger partial charge on any atom is 0.254 e. The van der Waals surface area contributed by atoms with E-state index in [1.807, 2.05) is 30.3 Å². The van der Waals surface area contributed by atoms with Gasteiger partial charge in [0.05, 0.1) is 6.04 Å². The number of hydrogen-bond donors (Lipinski definition) is 2. The van der Waals surface area contributed by atoms with Crippen LogP contribution in [0.2, 0.25) is 0 Å². The van der Waals surface area contributed by atoms with Crippen molar-refractivity contribution in [2.45, 2.75) is 38.3 Å². The Kier molecular flexibility index (Phi) is 4.15. The zero-order chi connectivity index (χ0) is 19.1. The molecule has 2 N–H and O–H groups in total. The Morgan fingerprint density at radius 3 is 2.86 bits per heavy atom. The van der Waals surface area contributed by atoms with Crippen molar-refractivity contribution >= 4 is 22.7 Å². The topological polar surface area (TPSA) is 65.2 Å². The van der Waals surface area contributed by atoms with E-state index >= 15 is 0 Å². The van der Waals surface area contributed by atoms with Gasteiger partial charge in [-0.05, 0) is 42.5 Å². The number of benzene rings is 2. The van der Waals surface area contributed by atoms with E-state index in [0.717, 1.165) is 41.6 Å². The number of aromatic amines is 1. The summed E-state index contributed by atoms with van der Waals surface area (Å²) < 4.78 is 0. The number of nitrogens with one attached hydrogen (secondary N) is 2. The zero-order valence-electron chi connectivity index (χ0n) is 15.7. The van der Waals surface area contributed by atoms with E-state index in [1.54, 1.807) is 4.90 Å². The van der Waals surface area contributed by atoms with Gasteiger partial charge in [0.1, 0.15) is 0 Å². The highest BCUT2D eigenvalue weighted by molar-refractivity contribution is 5.98. The molecule has 0 saturated carbocycles. The molecule has 0 spiro atoms. The number of H-pyrrole nitrogens is 1. The molecule has 0 radical (unpaired) electrons. The smallest absolute Gasteiger partial charge is 0.254 e. The van der Waals surface area contributed by atoms with E-state index in [2.05, 4.69) is 28.5 Å². The summed E-state index contributed by atoms with van der Waals surface area (Å²) in [5, 5.41) is 4.45. The van der Waals surface area contributed by atoms with Gasteiger partial charge in [-0.3, -0.25) is 9.59 Å². The fourth-order valence-corrected chi connectivity index (χ4v) is 4.56. The quantitative estimate of drug-likeness (QED) is 0.732. The van der Waals surface area contributed by atoms with Crippen LogP contribution in [0.1, 0.15) is 52.5 Å². The molecule has 1 aliphatic heterocycles. The minimum absolute atomic E-state index is 0.000243. The Bertz CT molecular complexity index is 1070. The van der Waals surface area contributed by atoms with Crippen molar-refractivity contribution in [2.24, 2.45) is 0 Å². The summed E-state index contributed by atoms with van der Waals surface area (Å²) in [6.45, 7) is 1.05. The van der Waals surface area contributed by atoms with Crippen LogP contribution in [0, 0.1) is 0 Å². The first kappa shape index (κ1) is 17.0. The van der Waals surface area contributed by atoms with E-state index in [0.29, 0.717) is 19.5 Å². The fourth-order valence-electron chi connectivity index (χ4n) is 4.56. The lowest BCUT2D eigenvalue weighted by Gasteiger charge is -2.24. The van der Waals surface area contributed by atoms with Crippen LogP contribution in [0.5, 0.6) is 0 Å². The molecule has 0 saturated heterocycles. The predicted octanol–water partition coefficient (Wildman–Crippen LogP) is 3.71. The van der Waals surface area contributed by atoms with Gasteiger partial charge in [0.2, 0.25) is 5.91 Å². The van der Waals surface area contributed by atoms with Gasteiger partial charge in [-0.2, -0.15) is 0 Å². The molecular formula is C23H23N3O2. The standard InChI is InChI=1S/C23H23N3O2/c27-21(12-13-26-14-15-6-1-2-7-16(15)23(26)28)24-20-11-5-9-18-17-8-3-4-10-19(17)25-22(18)20/h1-4,6-8,10,20,25H,5,9,11-14H2,(H,24,27)/t20-/m1/s1. The highest BCUT2D eigenvalue weighted by Gasteiger charge is 2.28. The molecule has 2 heterocycles. The van der Waals surface area contributed by atoms with Crippen LogP contribution < -0.4 is 5.32 Å². The number of aryl methyl sites for hydroxylation is 1. The fraction of sp³-hybridized carbons (Fsp3) is 0.304. The molecule has 0 fully saturated rings. The number of aromatic nitrogens is 1. The molecule has 1 aromatic heterocycles. The van der Waals surface area contributed by atoms with Crippen molar-refractivity contribution < 1.29 is 9.59 Å². The average Bonchev–Trinajstić information content (AvgIpc) is 3.25. The molecule has 2 amide bonds. The molecule has 142 valence electrons. The lowest BCUT2D eigenvalue weighted by molar-refractivity contribution is -0.122. The van der Waals surface area contributed by atoms with Crippen LogP contribution >= 0.6 is 0 Å². The molecule has 3 aromatic rings. The second-order valence-electron chi connectivity index (χ2n) is 7.71. The number of para-hydroxylation sites is 1. The third kappa shape index (κ3) is 2.87. The number of carbonyl (C=O) groups excluding carboxylic acids is 2. The van der Waals surface area contributed by atoms with Gasteiger partial charge >= 0.3 is 0 Å². The highest BCUT2D eigenvalue weighted by atomic mass is 16.2. The molecule has 5 nitrogen and oxygen atoms in total. The first-order valence-corrected chi connectivity index (χ1v) is 9.97. The Labute approximate surface area is 163 Å². The van der Waals surface area contributed by atoms with Gasteiger partial charge in [-0.25, -0.2) is 0 Å². The van der Waals surface area contributed by atoms with Gasteiger partial charge in [0, 0.05) is 41.7 Å². The lowest BCUT2D eigenvalue weighted by Crippen LogP contribution is -2.34. The van der Waals surface area contributed by atoms with Gasteiger partial charge in [-0.1, -0.05) is 36.4 Å². The van der Waals surface area contributed by atoms with Crippen LogP contribution in [-0.2, 0) is 17.8 Å². The van der Waals surface area contributed by atoms with Gasteiger partial charge in [0.25, 0.3) is 5.91 Å². The van der Waals surface area contributed by atoms with Gasteiger partial charge in [0.15, 0.2) is 0 Å². The van der Waals surface area contributed by atoms with Crippen molar-refractivity contribution in [1.29, 1.82) is 0 Å². The molecular weight excluding hydrogens is 350 g/mol. The number of carbonyl (C=O) groups is 2. The summed E-state index contributed by atoms with van der Waals surface area (Å²) >= 11 is 0.